The molecule has 1 aliphatic heterocycles. The fourth-order valence-electron chi connectivity index (χ4n) is 1.71. The van der Waals surface area contributed by atoms with Crippen molar-refractivity contribution in [2.24, 2.45) is 11.7 Å². The minimum absolute atomic E-state index is 0.0225. The van der Waals surface area contributed by atoms with E-state index in [4.69, 9.17) is 10.5 Å². The van der Waals surface area contributed by atoms with Gasteiger partial charge >= 0.3 is 0 Å². The van der Waals surface area contributed by atoms with Crippen molar-refractivity contribution < 1.29 is 4.74 Å². The SMILES string of the molecule is CC(C)(N)CC1CCCOC1. The molecule has 0 radical (unpaired) electrons. The standard InChI is InChI=1S/C9H19NO/c1-9(2,10)6-8-4-3-5-11-7-8/h8H,3-7,10H2,1-2H3. The van der Waals surface area contributed by atoms with E-state index < -0.39 is 0 Å². The van der Waals surface area contributed by atoms with Gasteiger partial charge < -0.3 is 10.5 Å². The highest BCUT2D eigenvalue weighted by Gasteiger charge is 2.21. The van der Waals surface area contributed by atoms with Crippen molar-refractivity contribution in [3.05, 3.63) is 0 Å². The predicted octanol–water partition coefficient (Wildman–Crippen LogP) is 1.54. The second-order valence-corrected chi connectivity index (χ2v) is 4.28. The molecule has 1 rings (SSSR count). The zero-order chi connectivity index (χ0) is 8.32. The van der Waals surface area contributed by atoms with Crippen molar-refractivity contribution in [1.82, 2.24) is 0 Å². The van der Waals surface area contributed by atoms with Crippen LogP contribution in [-0.2, 0) is 4.74 Å². The van der Waals surface area contributed by atoms with Gasteiger partial charge in [-0.1, -0.05) is 0 Å². The average Bonchev–Trinajstić information content (AvgIpc) is 1.85. The van der Waals surface area contributed by atoms with E-state index in [1.54, 1.807) is 0 Å². The third-order valence-corrected chi connectivity index (χ3v) is 2.07. The highest BCUT2D eigenvalue weighted by molar-refractivity contribution is 4.77. The molecule has 0 bridgehead atoms. The van der Waals surface area contributed by atoms with Crippen LogP contribution in [0.15, 0.2) is 0 Å². The summed E-state index contributed by atoms with van der Waals surface area (Å²) in [5.74, 6) is 0.698. The minimum Gasteiger partial charge on any atom is -0.381 e. The molecule has 2 N–H and O–H groups in total. The maximum Gasteiger partial charge on any atom is 0.0494 e. The number of rotatable bonds is 2. The third-order valence-electron chi connectivity index (χ3n) is 2.07. The molecule has 0 amide bonds. The molecule has 0 saturated carbocycles. The molecule has 1 unspecified atom stereocenters. The first-order valence-electron chi connectivity index (χ1n) is 4.44. The molecule has 1 aliphatic rings. The van der Waals surface area contributed by atoms with E-state index in [0.717, 1.165) is 19.6 Å². The molecule has 1 saturated heterocycles. The second-order valence-electron chi connectivity index (χ2n) is 4.28. The van der Waals surface area contributed by atoms with Crippen LogP contribution in [0.1, 0.15) is 33.1 Å². The van der Waals surface area contributed by atoms with Gasteiger partial charge in [0, 0.05) is 18.8 Å². The van der Waals surface area contributed by atoms with Gasteiger partial charge in [-0.3, -0.25) is 0 Å². The van der Waals surface area contributed by atoms with Crippen molar-refractivity contribution >= 4 is 0 Å². The zero-order valence-corrected chi connectivity index (χ0v) is 7.60. The molecular weight excluding hydrogens is 138 g/mol. The monoisotopic (exact) mass is 157 g/mol. The Kier molecular flexibility index (Phi) is 2.90. The van der Waals surface area contributed by atoms with Crippen LogP contribution < -0.4 is 5.73 Å². The summed E-state index contributed by atoms with van der Waals surface area (Å²) in [7, 11) is 0. The summed E-state index contributed by atoms with van der Waals surface area (Å²) in [5.41, 5.74) is 5.89. The van der Waals surface area contributed by atoms with Crippen LogP contribution in [-0.4, -0.2) is 18.8 Å². The first-order chi connectivity index (χ1) is 5.08. The first-order valence-corrected chi connectivity index (χ1v) is 4.44. The molecule has 1 atom stereocenters. The van der Waals surface area contributed by atoms with E-state index in [9.17, 15) is 0 Å². The normalized spacial score (nSPS) is 27.0. The Morgan fingerprint density at radius 1 is 1.55 bits per heavy atom. The lowest BCUT2D eigenvalue weighted by atomic mass is 9.88. The lowest BCUT2D eigenvalue weighted by molar-refractivity contribution is 0.0447. The van der Waals surface area contributed by atoms with Gasteiger partial charge in [-0.2, -0.15) is 0 Å². The van der Waals surface area contributed by atoms with E-state index in [0.29, 0.717) is 5.92 Å². The highest BCUT2D eigenvalue weighted by atomic mass is 16.5. The van der Waals surface area contributed by atoms with Crippen molar-refractivity contribution in [2.75, 3.05) is 13.2 Å². The number of hydrogen-bond acceptors (Lipinski definition) is 2. The topological polar surface area (TPSA) is 35.2 Å². The van der Waals surface area contributed by atoms with Gasteiger partial charge in [-0.05, 0) is 39.0 Å². The zero-order valence-electron chi connectivity index (χ0n) is 7.60. The highest BCUT2D eigenvalue weighted by Crippen LogP contribution is 2.22. The molecule has 1 heterocycles. The molecule has 0 aromatic carbocycles. The first kappa shape index (κ1) is 9.01. The van der Waals surface area contributed by atoms with Gasteiger partial charge in [0.15, 0.2) is 0 Å². The van der Waals surface area contributed by atoms with Crippen LogP contribution in [0.2, 0.25) is 0 Å². The Morgan fingerprint density at radius 2 is 2.27 bits per heavy atom. The molecule has 11 heavy (non-hydrogen) atoms. The fraction of sp³-hybridized carbons (Fsp3) is 1.00. The molecular formula is C9H19NO. The Morgan fingerprint density at radius 3 is 2.73 bits per heavy atom. The molecule has 1 fully saturated rings. The van der Waals surface area contributed by atoms with E-state index in [1.807, 2.05) is 0 Å². The lowest BCUT2D eigenvalue weighted by Gasteiger charge is -2.28. The van der Waals surface area contributed by atoms with Crippen LogP contribution in [0.5, 0.6) is 0 Å². The van der Waals surface area contributed by atoms with Gasteiger partial charge in [0.2, 0.25) is 0 Å². The Labute approximate surface area is 69.1 Å². The van der Waals surface area contributed by atoms with E-state index in [-0.39, 0.29) is 5.54 Å². The lowest BCUT2D eigenvalue weighted by Crippen LogP contribution is -2.36. The predicted molar refractivity (Wildman–Crippen MR) is 46.4 cm³/mol. The Hall–Kier alpha value is -0.0800. The average molecular weight is 157 g/mol. The summed E-state index contributed by atoms with van der Waals surface area (Å²) in [5, 5.41) is 0. The van der Waals surface area contributed by atoms with E-state index in [2.05, 4.69) is 13.8 Å². The smallest absolute Gasteiger partial charge is 0.0494 e. The largest absolute Gasteiger partial charge is 0.381 e. The summed E-state index contributed by atoms with van der Waals surface area (Å²) in [6.07, 6.45) is 3.59. The second kappa shape index (κ2) is 3.55. The van der Waals surface area contributed by atoms with Crippen LogP contribution >= 0.6 is 0 Å². The molecule has 2 nitrogen and oxygen atoms in total. The van der Waals surface area contributed by atoms with Crippen molar-refractivity contribution in [3.63, 3.8) is 0 Å². The number of hydrogen-bond donors (Lipinski definition) is 1. The van der Waals surface area contributed by atoms with E-state index in [1.165, 1.54) is 12.8 Å². The Balaban J connectivity index is 2.24. The van der Waals surface area contributed by atoms with Gasteiger partial charge in [0.25, 0.3) is 0 Å². The summed E-state index contributed by atoms with van der Waals surface area (Å²) in [6, 6.07) is 0. The maximum absolute atomic E-state index is 5.91. The third kappa shape index (κ3) is 3.73. The van der Waals surface area contributed by atoms with Gasteiger partial charge in [0.1, 0.15) is 0 Å². The number of nitrogens with two attached hydrogens (primary N) is 1. The number of ether oxygens (including phenoxy) is 1. The van der Waals surface area contributed by atoms with Gasteiger partial charge in [-0.25, -0.2) is 0 Å². The van der Waals surface area contributed by atoms with Gasteiger partial charge in [0.05, 0.1) is 0 Å². The quantitative estimate of drug-likeness (QED) is 0.660. The van der Waals surface area contributed by atoms with E-state index >= 15 is 0 Å². The molecule has 0 spiro atoms. The summed E-state index contributed by atoms with van der Waals surface area (Å²) >= 11 is 0. The summed E-state index contributed by atoms with van der Waals surface area (Å²) in [6.45, 7) is 6.03. The molecule has 2 heteroatoms. The summed E-state index contributed by atoms with van der Waals surface area (Å²) < 4.78 is 5.37. The maximum atomic E-state index is 5.91. The van der Waals surface area contributed by atoms with Crippen LogP contribution in [0.25, 0.3) is 0 Å². The molecule has 0 aromatic heterocycles. The van der Waals surface area contributed by atoms with Gasteiger partial charge in [-0.15, -0.1) is 0 Å². The molecule has 66 valence electrons. The summed E-state index contributed by atoms with van der Waals surface area (Å²) in [4.78, 5) is 0. The van der Waals surface area contributed by atoms with Crippen molar-refractivity contribution in [3.8, 4) is 0 Å². The van der Waals surface area contributed by atoms with Crippen LogP contribution in [0.3, 0.4) is 0 Å². The molecule has 0 aliphatic carbocycles. The molecule has 0 aromatic rings. The van der Waals surface area contributed by atoms with Crippen molar-refractivity contribution in [2.45, 2.75) is 38.6 Å². The minimum atomic E-state index is -0.0225. The van der Waals surface area contributed by atoms with Crippen LogP contribution in [0, 0.1) is 5.92 Å². The Bertz CT molecular complexity index is 111. The van der Waals surface area contributed by atoms with Crippen molar-refractivity contribution in [1.29, 1.82) is 0 Å². The van der Waals surface area contributed by atoms with Crippen LogP contribution in [0.4, 0.5) is 0 Å². The fourth-order valence-corrected chi connectivity index (χ4v) is 1.71.